The minimum atomic E-state index is -0.0753. The van der Waals surface area contributed by atoms with Crippen LogP contribution in [0.25, 0.3) is 11.0 Å². The van der Waals surface area contributed by atoms with Crippen molar-refractivity contribution < 1.29 is 9.47 Å². The number of benzene rings is 1. The molecule has 2 N–H and O–H groups in total. The molecule has 98 valence electrons. The van der Waals surface area contributed by atoms with Crippen molar-refractivity contribution in [3.8, 4) is 0 Å². The maximum atomic E-state index is 5.99. The Morgan fingerprint density at radius 1 is 1.44 bits per heavy atom. The second-order valence-corrected chi connectivity index (χ2v) is 4.46. The van der Waals surface area contributed by atoms with Crippen molar-refractivity contribution in [3.05, 3.63) is 23.2 Å². The summed E-state index contributed by atoms with van der Waals surface area (Å²) in [6, 6.07) is 5.49. The molecule has 2 aromatic rings. The number of rotatable bonds is 5. The van der Waals surface area contributed by atoms with Crippen LogP contribution in [0.2, 0.25) is 5.02 Å². The van der Waals surface area contributed by atoms with Crippen LogP contribution in [0.3, 0.4) is 0 Å². The first-order valence-corrected chi connectivity index (χ1v) is 5.96. The summed E-state index contributed by atoms with van der Waals surface area (Å²) in [6.07, 6.45) is -0.0753. The molecule has 0 saturated carbocycles. The number of halogens is 1. The Morgan fingerprint density at radius 2 is 2.22 bits per heavy atom. The molecule has 0 saturated heterocycles. The maximum absolute atomic E-state index is 5.99. The average Bonchev–Trinajstić information content (AvgIpc) is 2.65. The Hall–Kier alpha value is -1.30. The first-order chi connectivity index (χ1) is 8.65. The van der Waals surface area contributed by atoms with Crippen LogP contribution in [0, 0.1) is 0 Å². The highest BCUT2D eigenvalue weighted by Crippen LogP contribution is 2.22. The zero-order valence-corrected chi connectivity index (χ0v) is 11.1. The van der Waals surface area contributed by atoms with Gasteiger partial charge in [0.2, 0.25) is 5.95 Å². The van der Waals surface area contributed by atoms with Crippen molar-refractivity contribution >= 4 is 28.6 Å². The number of anilines is 1. The summed E-state index contributed by atoms with van der Waals surface area (Å²) in [7, 11) is 3.28. The van der Waals surface area contributed by atoms with Crippen LogP contribution < -0.4 is 5.73 Å². The number of methoxy groups -OCH3 is 2. The highest BCUT2D eigenvalue weighted by Gasteiger charge is 2.14. The number of imidazole rings is 1. The summed E-state index contributed by atoms with van der Waals surface area (Å²) >= 11 is 5.99. The average molecular weight is 270 g/mol. The summed E-state index contributed by atoms with van der Waals surface area (Å²) in [5.74, 6) is 0.449. The summed E-state index contributed by atoms with van der Waals surface area (Å²) in [5.41, 5.74) is 7.64. The van der Waals surface area contributed by atoms with Crippen LogP contribution in [0.4, 0.5) is 5.95 Å². The number of nitrogens with zero attached hydrogens (tertiary/aromatic N) is 2. The first kappa shape index (κ1) is 13.1. The highest BCUT2D eigenvalue weighted by molar-refractivity contribution is 6.31. The molecular formula is C12H16ClN3O2. The zero-order valence-electron chi connectivity index (χ0n) is 10.4. The molecule has 0 aliphatic heterocycles. The third-order valence-corrected chi connectivity index (χ3v) is 3.05. The first-order valence-electron chi connectivity index (χ1n) is 5.58. The molecule has 0 amide bonds. The van der Waals surface area contributed by atoms with E-state index in [0.29, 0.717) is 24.1 Å². The van der Waals surface area contributed by atoms with Crippen LogP contribution in [-0.4, -0.2) is 36.5 Å². The van der Waals surface area contributed by atoms with Crippen LogP contribution >= 0.6 is 11.6 Å². The molecule has 2 rings (SSSR count). The molecule has 1 unspecified atom stereocenters. The zero-order chi connectivity index (χ0) is 13.1. The number of aromatic nitrogens is 2. The largest absolute Gasteiger partial charge is 0.382 e. The molecule has 6 heteroatoms. The Bertz CT molecular complexity index is 541. The molecular weight excluding hydrogens is 254 g/mol. The number of hydrogen-bond donors (Lipinski definition) is 1. The van der Waals surface area contributed by atoms with Gasteiger partial charge in [-0.25, -0.2) is 4.98 Å². The lowest BCUT2D eigenvalue weighted by Gasteiger charge is -2.16. The van der Waals surface area contributed by atoms with E-state index < -0.39 is 0 Å². The molecule has 0 aliphatic carbocycles. The van der Waals surface area contributed by atoms with Crippen LogP contribution in [0.15, 0.2) is 18.2 Å². The monoisotopic (exact) mass is 269 g/mol. The Morgan fingerprint density at radius 3 is 2.89 bits per heavy atom. The molecule has 1 atom stereocenters. The van der Waals surface area contributed by atoms with E-state index in [1.54, 1.807) is 20.3 Å². The Labute approximate surface area is 110 Å². The smallest absolute Gasteiger partial charge is 0.201 e. The minimum absolute atomic E-state index is 0.0753. The second kappa shape index (κ2) is 5.56. The Balaban J connectivity index is 2.36. The van der Waals surface area contributed by atoms with E-state index in [4.69, 9.17) is 26.8 Å². The fourth-order valence-corrected chi connectivity index (χ4v) is 2.06. The van der Waals surface area contributed by atoms with Crippen molar-refractivity contribution in [2.75, 3.05) is 26.6 Å². The van der Waals surface area contributed by atoms with Crippen LogP contribution in [0.1, 0.15) is 0 Å². The predicted octanol–water partition coefficient (Wildman–Crippen LogP) is 1.93. The van der Waals surface area contributed by atoms with E-state index in [2.05, 4.69) is 4.98 Å². The standard InChI is InChI=1S/C12H16ClN3O2/c1-17-7-9(18-2)6-16-11-5-8(13)3-4-10(11)15-12(16)14/h3-5,9H,6-7H2,1-2H3,(H2,14,15). The summed E-state index contributed by atoms with van der Waals surface area (Å²) < 4.78 is 12.3. The Kier molecular flexibility index (Phi) is 4.06. The van der Waals surface area contributed by atoms with E-state index in [9.17, 15) is 0 Å². The lowest BCUT2D eigenvalue weighted by atomic mass is 10.3. The quantitative estimate of drug-likeness (QED) is 0.901. The number of ether oxygens (including phenoxy) is 2. The maximum Gasteiger partial charge on any atom is 0.201 e. The number of fused-ring (bicyclic) bond motifs is 1. The molecule has 0 fully saturated rings. The molecule has 1 aromatic carbocycles. The predicted molar refractivity (Wildman–Crippen MR) is 71.8 cm³/mol. The van der Waals surface area contributed by atoms with Crippen molar-refractivity contribution in [1.29, 1.82) is 0 Å². The second-order valence-electron chi connectivity index (χ2n) is 4.03. The van der Waals surface area contributed by atoms with E-state index in [-0.39, 0.29) is 6.10 Å². The van der Waals surface area contributed by atoms with Gasteiger partial charge in [-0.1, -0.05) is 11.6 Å². The molecule has 0 spiro atoms. The minimum Gasteiger partial charge on any atom is -0.382 e. The van der Waals surface area contributed by atoms with Gasteiger partial charge in [0.05, 0.1) is 30.3 Å². The van der Waals surface area contributed by atoms with Crippen LogP contribution in [-0.2, 0) is 16.0 Å². The van der Waals surface area contributed by atoms with Crippen molar-refractivity contribution in [2.45, 2.75) is 12.6 Å². The fraction of sp³-hybridized carbons (Fsp3) is 0.417. The van der Waals surface area contributed by atoms with Gasteiger partial charge in [-0.05, 0) is 18.2 Å². The molecule has 0 radical (unpaired) electrons. The van der Waals surface area contributed by atoms with Gasteiger partial charge in [0.1, 0.15) is 0 Å². The molecule has 1 heterocycles. The number of nitrogen functional groups attached to an aromatic ring is 1. The molecule has 5 nitrogen and oxygen atoms in total. The van der Waals surface area contributed by atoms with E-state index in [1.807, 2.05) is 16.7 Å². The van der Waals surface area contributed by atoms with Gasteiger partial charge in [-0.15, -0.1) is 0 Å². The molecule has 18 heavy (non-hydrogen) atoms. The summed E-state index contributed by atoms with van der Waals surface area (Å²) in [4.78, 5) is 4.29. The highest BCUT2D eigenvalue weighted by atomic mass is 35.5. The number of hydrogen-bond acceptors (Lipinski definition) is 4. The van der Waals surface area contributed by atoms with Gasteiger partial charge in [0.15, 0.2) is 0 Å². The molecule has 0 aliphatic rings. The van der Waals surface area contributed by atoms with Gasteiger partial charge in [-0.3, -0.25) is 0 Å². The van der Waals surface area contributed by atoms with Crippen molar-refractivity contribution in [1.82, 2.24) is 9.55 Å². The van der Waals surface area contributed by atoms with Gasteiger partial charge >= 0.3 is 0 Å². The third-order valence-electron chi connectivity index (χ3n) is 2.81. The fourth-order valence-electron chi connectivity index (χ4n) is 1.89. The van der Waals surface area contributed by atoms with Crippen LogP contribution in [0.5, 0.6) is 0 Å². The van der Waals surface area contributed by atoms with Crippen molar-refractivity contribution in [3.63, 3.8) is 0 Å². The van der Waals surface area contributed by atoms with Gasteiger partial charge in [0, 0.05) is 19.2 Å². The van der Waals surface area contributed by atoms with E-state index in [0.717, 1.165) is 11.0 Å². The lowest BCUT2D eigenvalue weighted by Crippen LogP contribution is -2.24. The number of nitrogens with two attached hydrogens (primary N) is 1. The summed E-state index contributed by atoms with van der Waals surface area (Å²) in [5, 5.41) is 0.657. The van der Waals surface area contributed by atoms with Gasteiger partial charge in [0.25, 0.3) is 0 Å². The molecule has 0 bridgehead atoms. The van der Waals surface area contributed by atoms with E-state index >= 15 is 0 Å². The SMILES string of the molecule is COCC(Cn1c(N)nc2ccc(Cl)cc21)OC. The van der Waals surface area contributed by atoms with Crippen molar-refractivity contribution in [2.24, 2.45) is 0 Å². The van der Waals surface area contributed by atoms with E-state index in [1.165, 1.54) is 0 Å². The summed E-state index contributed by atoms with van der Waals surface area (Å²) in [6.45, 7) is 1.07. The normalized spacial score (nSPS) is 13.1. The molecule has 1 aromatic heterocycles. The van der Waals surface area contributed by atoms with Gasteiger partial charge in [-0.2, -0.15) is 0 Å². The van der Waals surface area contributed by atoms with Gasteiger partial charge < -0.3 is 19.8 Å². The lowest BCUT2D eigenvalue weighted by molar-refractivity contribution is 0.0193. The third kappa shape index (κ3) is 2.58. The topological polar surface area (TPSA) is 62.3 Å².